The molecule has 9 nitrogen and oxygen atoms in total. The number of aromatic nitrogens is 5. The molecule has 0 spiro atoms. The van der Waals surface area contributed by atoms with Crippen LogP contribution in [0, 0.1) is 13.8 Å². The van der Waals surface area contributed by atoms with Crippen LogP contribution in [0.3, 0.4) is 0 Å². The van der Waals surface area contributed by atoms with E-state index in [0.717, 1.165) is 33.3 Å². The second-order valence-electron chi connectivity index (χ2n) is 8.64. The molecule has 1 N–H and O–H groups in total. The van der Waals surface area contributed by atoms with Gasteiger partial charge in [-0.15, -0.1) is 5.10 Å². The van der Waals surface area contributed by atoms with Crippen molar-refractivity contribution < 1.29 is 9.47 Å². The van der Waals surface area contributed by atoms with E-state index in [1.165, 1.54) is 0 Å². The molecule has 9 heteroatoms. The third-order valence-electron chi connectivity index (χ3n) is 6.47. The number of hydrogen-bond acceptors (Lipinski definition) is 7. The molecule has 0 unspecified atom stereocenters. The smallest absolute Gasteiger partial charge is 0.253 e. The van der Waals surface area contributed by atoms with E-state index < -0.39 is 6.04 Å². The van der Waals surface area contributed by atoms with Crippen molar-refractivity contribution in [3.05, 3.63) is 80.9 Å². The summed E-state index contributed by atoms with van der Waals surface area (Å²) in [6.45, 7) is 7.11. The van der Waals surface area contributed by atoms with Gasteiger partial charge >= 0.3 is 0 Å². The number of nitrogens with one attached hydrogen (secondary N) is 1. The van der Waals surface area contributed by atoms with Gasteiger partial charge in [0.05, 0.1) is 32.4 Å². The first-order chi connectivity index (χ1) is 16.5. The summed E-state index contributed by atoms with van der Waals surface area (Å²) in [6.07, 6.45) is 0. The minimum absolute atomic E-state index is 0.128. The molecule has 1 saturated heterocycles. The number of hydrogen-bond donors (Lipinski definition) is 1. The van der Waals surface area contributed by atoms with Gasteiger partial charge in [0.25, 0.3) is 5.56 Å². The molecular formula is C25H28N6O3. The minimum Gasteiger partial charge on any atom is -0.497 e. The van der Waals surface area contributed by atoms with Crippen LogP contribution in [0.4, 0.5) is 0 Å². The Hall–Kier alpha value is -3.56. The van der Waals surface area contributed by atoms with Crippen molar-refractivity contribution >= 4 is 10.9 Å². The average molecular weight is 461 g/mol. The van der Waals surface area contributed by atoms with Gasteiger partial charge < -0.3 is 14.5 Å². The molecule has 0 bridgehead atoms. The van der Waals surface area contributed by atoms with Gasteiger partial charge in [0.15, 0.2) is 5.82 Å². The van der Waals surface area contributed by atoms with Crippen LogP contribution in [0.1, 0.15) is 34.1 Å². The Balaban J connectivity index is 1.61. The molecule has 176 valence electrons. The molecule has 4 aromatic rings. The van der Waals surface area contributed by atoms with Crippen molar-refractivity contribution in [2.75, 3.05) is 33.4 Å². The number of aromatic amines is 1. The number of rotatable bonds is 6. The SMILES string of the molecule is COc1ccc(Cn2nnnc2[C@H](c2cc3c(C)ccc(C)c3[nH]c2=O)N2CCOCC2)cc1. The van der Waals surface area contributed by atoms with Gasteiger partial charge in [-0.3, -0.25) is 9.69 Å². The van der Waals surface area contributed by atoms with E-state index in [0.29, 0.717) is 44.2 Å². The Morgan fingerprint density at radius 2 is 1.82 bits per heavy atom. The number of fused-ring (bicyclic) bond motifs is 1. The summed E-state index contributed by atoms with van der Waals surface area (Å²) < 4.78 is 12.6. The van der Waals surface area contributed by atoms with Crippen molar-refractivity contribution in [2.45, 2.75) is 26.4 Å². The average Bonchev–Trinajstić information content (AvgIpc) is 3.31. The van der Waals surface area contributed by atoms with E-state index >= 15 is 0 Å². The molecule has 2 aromatic heterocycles. The highest BCUT2D eigenvalue weighted by atomic mass is 16.5. The lowest BCUT2D eigenvalue weighted by molar-refractivity contribution is 0.0214. The first-order valence-corrected chi connectivity index (χ1v) is 11.4. The number of aryl methyl sites for hydroxylation is 2. The number of nitrogens with zero attached hydrogens (tertiary/aromatic N) is 5. The van der Waals surface area contributed by atoms with Crippen LogP contribution in [0.2, 0.25) is 0 Å². The van der Waals surface area contributed by atoms with Gasteiger partial charge in [0, 0.05) is 24.0 Å². The lowest BCUT2D eigenvalue weighted by Crippen LogP contribution is -2.42. The van der Waals surface area contributed by atoms with Crippen molar-refractivity contribution in [3.63, 3.8) is 0 Å². The van der Waals surface area contributed by atoms with E-state index in [-0.39, 0.29) is 5.56 Å². The summed E-state index contributed by atoms with van der Waals surface area (Å²) in [5.74, 6) is 1.42. The fraction of sp³-hybridized carbons (Fsp3) is 0.360. The molecule has 34 heavy (non-hydrogen) atoms. The van der Waals surface area contributed by atoms with Crippen LogP contribution in [0.25, 0.3) is 10.9 Å². The summed E-state index contributed by atoms with van der Waals surface area (Å²) in [4.78, 5) is 18.8. The lowest BCUT2D eigenvalue weighted by Gasteiger charge is -2.33. The summed E-state index contributed by atoms with van der Waals surface area (Å²) in [6, 6.07) is 13.5. The standard InChI is InChI=1S/C25H28N6O3/c1-16-4-5-17(2)22-20(16)14-21(25(32)26-22)23(30-10-12-34-13-11-30)24-27-28-29-31(24)15-18-6-8-19(33-3)9-7-18/h4-9,14,23H,10-13,15H2,1-3H3,(H,26,32)/t23-/m0/s1. The van der Waals surface area contributed by atoms with Gasteiger partial charge in [-0.2, -0.15) is 0 Å². The fourth-order valence-electron chi connectivity index (χ4n) is 4.55. The monoisotopic (exact) mass is 460 g/mol. The summed E-state index contributed by atoms with van der Waals surface area (Å²) >= 11 is 0. The van der Waals surface area contributed by atoms with Crippen molar-refractivity contribution in [2.24, 2.45) is 0 Å². The lowest BCUT2D eigenvalue weighted by atomic mass is 9.99. The van der Waals surface area contributed by atoms with Crippen LogP contribution < -0.4 is 10.3 Å². The van der Waals surface area contributed by atoms with Crippen molar-refractivity contribution in [1.29, 1.82) is 0 Å². The summed E-state index contributed by atoms with van der Waals surface area (Å²) in [5, 5.41) is 13.7. The predicted molar refractivity (Wildman–Crippen MR) is 128 cm³/mol. The van der Waals surface area contributed by atoms with Crippen LogP contribution in [0.15, 0.2) is 47.3 Å². The van der Waals surface area contributed by atoms with Gasteiger partial charge in [-0.25, -0.2) is 4.68 Å². The number of benzene rings is 2. The molecule has 1 atom stereocenters. The zero-order valence-corrected chi connectivity index (χ0v) is 19.6. The topological polar surface area (TPSA) is 98.2 Å². The summed E-state index contributed by atoms with van der Waals surface area (Å²) in [7, 11) is 1.64. The van der Waals surface area contributed by atoms with E-state index in [4.69, 9.17) is 9.47 Å². The Morgan fingerprint density at radius 1 is 1.09 bits per heavy atom. The highest BCUT2D eigenvalue weighted by molar-refractivity contribution is 5.85. The van der Waals surface area contributed by atoms with Crippen LogP contribution >= 0.6 is 0 Å². The van der Waals surface area contributed by atoms with Crippen molar-refractivity contribution in [3.8, 4) is 5.75 Å². The maximum Gasteiger partial charge on any atom is 0.253 e. The van der Waals surface area contributed by atoms with Crippen LogP contribution in [0.5, 0.6) is 5.75 Å². The third-order valence-corrected chi connectivity index (χ3v) is 6.47. The molecule has 1 fully saturated rings. The van der Waals surface area contributed by atoms with E-state index in [1.807, 2.05) is 43.3 Å². The second kappa shape index (κ2) is 9.36. The van der Waals surface area contributed by atoms with Gasteiger partial charge in [0.1, 0.15) is 11.8 Å². The first-order valence-electron chi connectivity index (χ1n) is 11.4. The Labute approximate surface area is 197 Å². The number of H-pyrrole nitrogens is 1. The largest absolute Gasteiger partial charge is 0.497 e. The molecule has 1 aliphatic rings. The molecule has 0 amide bonds. The number of pyridine rings is 1. The fourth-order valence-corrected chi connectivity index (χ4v) is 4.55. The molecule has 5 rings (SSSR count). The molecule has 2 aromatic carbocycles. The summed E-state index contributed by atoms with van der Waals surface area (Å²) in [5.41, 5.74) is 4.56. The molecule has 0 aliphatic carbocycles. The van der Waals surface area contributed by atoms with E-state index in [1.54, 1.807) is 11.8 Å². The van der Waals surface area contributed by atoms with E-state index in [2.05, 4.69) is 38.4 Å². The quantitative estimate of drug-likeness (QED) is 0.472. The molecule has 3 heterocycles. The molecular weight excluding hydrogens is 432 g/mol. The van der Waals surface area contributed by atoms with Crippen LogP contribution in [-0.4, -0.2) is 63.5 Å². The number of ether oxygens (including phenoxy) is 2. The number of morpholine rings is 1. The highest BCUT2D eigenvalue weighted by Crippen LogP contribution is 2.29. The minimum atomic E-state index is -0.398. The zero-order chi connectivity index (χ0) is 23.7. The molecule has 0 saturated carbocycles. The van der Waals surface area contributed by atoms with Crippen LogP contribution in [-0.2, 0) is 11.3 Å². The van der Waals surface area contributed by atoms with Crippen molar-refractivity contribution in [1.82, 2.24) is 30.1 Å². The normalized spacial score (nSPS) is 15.5. The maximum atomic E-state index is 13.4. The molecule has 0 radical (unpaired) electrons. The van der Waals surface area contributed by atoms with Gasteiger partial charge in [-0.1, -0.05) is 24.3 Å². The van der Waals surface area contributed by atoms with Gasteiger partial charge in [-0.05, 0) is 59.2 Å². The Bertz CT molecular complexity index is 1360. The van der Waals surface area contributed by atoms with E-state index in [9.17, 15) is 4.79 Å². The second-order valence-corrected chi connectivity index (χ2v) is 8.64. The number of tetrazole rings is 1. The molecule has 1 aliphatic heterocycles. The first kappa shape index (κ1) is 22.2. The number of methoxy groups -OCH3 is 1. The maximum absolute atomic E-state index is 13.4. The Morgan fingerprint density at radius 3 is 2.56 bits per heavy atom. The third kappa shape index (κ3) is 4.20. The predicted octanol–water partition coefficient (Wildman–Crippen LogP) is 2.61. The zero-order valence-electron chi connectivity index (χ0n) is 19.6. The van der Waals surface area contributed by atoms with Gasteiger partial charge in [0.2, 0.25) is 0 Å². The Kier molecular flexibility index (Phi) is 6.12. The highest BCUT2D eigenvalue weighted by Gasteiger charge is 2.31.